The molecular weight excluding hydrogens is 271 g/mol. The molecule has 1 aromatic heterocycles. The fourth-order valence-corrected chi connectivity index (χ4v) is 3.83. The number of thiophene rings is 1. The molecule has 15 heavy (non-hydrogen) atoms. The summed E-state index contributed by atoms with van der Waals surface area (Å²) in [6.45, 7) is 0. The quantitative estimate of drug-likeness (QED) is 0.853. The third-order valence-electron chi connectivity index (χ3n) is 2.08. The van der Waals surface area contributed by atoms with Crippen LogP contribution in [0.3, 0.4) is 0 Å². The molecule has 3 heteroatoms. The van der Waals surface area contributed by atoms with Crippen molar-refractivity contribution in [1.82, 2.24) is 0 Å². The van der Waals surface area contributed by atoms with Crippen molar-refractivity contribution in [3.05, 3.63) is 52.7 Å². The average molecular weight is 283 g/mol. The SMILES string of the molecule is OC(C[Se]c1ccccc1)c1ccsc1. The molecular formula is C12H12OSSe. The fourth-order valence-electron chi connectivity index (χ4n) is 1.25. The Morgan fingerprint density at radius 2 is 2.00 bits per heavy atom. The van der Waals surface area contributed by atoms with E-state index in [1.54, 1.807) is 11.3 Å². The van der Waals surface area contributed by atoms with Gasteiger partial charge in [0.25, 0.3) is 0 Å². The standard InChI is InChI=1S/C12H12OSSe/c13-12(10-6-7-14-8-10)9-15-11-4-2-1-3-5-11/h1-8,12-13H,9H2. The molecule has 0 aliphatic rings. The van der Waals surface area contributed by atoms with E-state index >= 15 is 0 Å². The van der Waals surface area contributed by atoms with Gasteiger partial charge in [-0.3, -0.25) is 0 Å². The summed E-state index contributed by atoms with van der Waals surface area (Å²) >= 11 is 2.00. The second-order valence-electron chi connectivity index (χ2n) is 3.20. The molecule has 0 saturated carbocycles. The van der Waals surface area contributed by atoms with Gasteiger partial charge in [-0.15, -0.1) is 0 Å². The van der Waals surface area contributed by atoms with Gasteiger partial charge in [0, 0.05) is 0 Å². The van der Waals surface area contributed by atoms with E-state index in [0.29, 0.717) is 15.0 Å². The van der Waals surface area contributed by atoms with Gasteiger partial charge < -0.3 is 0 Å². The second kappa shape index (κ2) is 5.47. The van der Waals surface area contributed by atoms with Crippen molar-refractivity contribution in [2.75, 3.05) is 0 Å². The van der Waals surface area contributed by atoms with Gasteiger partial charge in [-0.2, -0.15) is 0 Å². The third kappa shape index (κ3) is 3.18. The van der Waals surface area contributed by atoms with Crippen LogP contribution in [0, 0.1) is 0 Å². The van der Waals surface area contributed by atoms with Gasteiger partial charge in [0.15, 0.2) is 0 Å². The van der Waals surface area contributed by atoms with Crippen molar-refractivity contribution in [1.29, 1.82) is 0 Å². The van der Waals surface area contributed by atoms with Crippen LogP contribution in [-0.2, 0) is 0 Å². The summed E-state index contributed by atoms with van der Waals surface area (Å²) in [5.41, 5.74) is 1.05. The van der Waals surface area contributed by atoms with Crippen LogP contribution < -0.4 is 4.46 Å². The van der Waals surface area contributed by atoms with Crippen LogP contribution in [0.25, 0.3) is 0 Å². The molecule has 0 aliphatic heterocycles. The van der Waals surface area contributed by atoms with E-state index in [0.717, 1.165) is 10.9 Å². The van der Waals surface area contributed by atoms with Crippen molar-refractivity contribution in [2.45, 2.75) is 11.4 Å². The molecule has 1 atom stereocenters. The van der Waals surface area contributed by atoms with Crippen LogP contribution in [0.2, 0.25) is 5.32 Å². The molecule has 1 heterocycles. The molecule has 0 radical (unpaired) electrons. The first-order valence-electron chi connectivity index (χ1n) is 4.74. The number of rotatable bonds is 4. The van der Waals surface area contributed by atoms with E-state index in [1.165, 1.54) is 4.46 Å². The molecule has 0 spiro atoms. The maximum absolute atomic E-state index is 9.89. The number of hydrogen-bond donors (Lipinski definition) is 1. The van der Waals surface area contributed by atoms with Crippen LogP contribution in [0.1, 0.15) is 11.7 Å². The van der Waals surface area contributed by atoms with Crippen molar-refractivity contribution < 1.29 is 5.11 Å². The predicted molar refractivity (Wildman–Crippen MR) is 65.9 cm³/mol. The fraction of sp³-hybridized carbons (Fsp3) is 0.167. The summed E-state index contributed by atoms with van der Waals surface area (Å²) in [6.07, 6.45) is -0.295. The van der Waals surface area contributed by atoms with E-state index in [4.69, 9.17) is 0 Å². The zero-order valence-electron chi connectivity index (χ0n) is 8.17. The Morgan fingerprint density at radius 1 is 1.20 bits per heavy atom. The second-order valence-corrected chi connectivity index (χ2v) is 6.27. The van der Waals surface area contributed by atoms with Crippen LogP contribution in [0.5, 0.6) is 0 Å². The van der Waals surface area contributed by atoms with Crippen molar-refractivity contribution in [3.8, 4) is 0 Å². The number of aliphatic hydroxyl groups is 1. The maximum atomic E-state index is 9.89. The van der Waals surface area contributed by atoms with Gasteiger partial charge in [0.1, 0.15) is 0 Å². The van der Waals surface area contributed by atoms with Gasteiger partial charge in [-0.05, 0) is 0 Å². The average Bonchev–Trinajstić information content (AvgIpc) is 2.81. The number of benzene rings is 1. The van der Waals surface area contributed by atoms with Crippen molar-refractivity contribution in [3.63, 3.8) is 0 Å². The van der Waals surface area contributed by atoms with Crippen LogP contribution in [0.4, 0.5) is 0 Å². The topological polar surface area (TPSA) is 20.2 Å². The summed E-state index contributed by atoms with van der Waals surface area (Å²) in [4.78, 5) is 0. The van der Waals surface area contributed by atoms with Gasteiger partial charge in [0.2, 0.25) is 0 Å². The molecule has 0 amide bonds. The summed E-state index contributed by atoms with van der Waals surface area (Å²) in [5.74, 6) is 0. The predicted octanol–water partition coefficient (Wildman–Crippen LogP) is 2.23. The Morgan fingerprint density at radius 3 is 2.67 bits per heavy atom. The van der Waals surface area contributed by atoms with Crippen LogP contribution >= 0.6 is 11.3 Å². The van der Waals surface area contributed by atoms with Gasteiger partial charge in [0.05, 0.1) is 0 Å². The molecule has 0 aliphatic carbocycles. The van der Waals surface area contributed by atoms with E-state index in [9.17, 15) is 5.11 Å². The van der Waals surface area contributed by atoms with Crippen molar-refractivity contribution >= 4 is 30.8 Å². The van der Waals surface area contributed by atoms with Gasteiger partial charge in [-0.25, -0.2) is 0 Å². The van der Waals surface area contributed by atoms with E-state index in [1.807, 2.05) is 35.0 Å². The zero-order chi connectivity index (χ0) is 10.5. The molecule has 0 bridgehead atoms. The minimum atomic E-state index is -0.295. The molecule has 1 N–H and O–H groups in total. The molecule has 0 saturated heterocycles. The van der Waals surface area contributed by atoms with E-state index in [2.05, 4.69) is 12.1 Å². The van der Waals surface area contributed by atoms with E-state index < -0.39 is 0 Å². The molecule has 78 valence electrons. The summed E-state index contributed by atoms with van der Waals surface area (Å²) in [7, 11) is 0. The summed E-state index contributed by atoms with van der Waals surface area (Å²) in [6, 6.07) is 12.4. The van der Waals surface area contributed by atoms with E-state index in [-0.39, 0.29) is 6.10 Å². The Balaban J connectivity index is 1.89. The Hall–Kier alpha value is -0.601. The molecule has 0 fully saturated rings. The van der Waals surface area contributed by atoms with Crippen LogP contribution in [0.15, 0.2) is 47.2 Å². The molecule has 1 unspecified atom stereocenters. The van der Waals surface area contributed by atoms with Crippen molar-refractivity contribution in [2.24, 2.45) is 0 Å². The first-order chi connectivity index (χ1) is 7.36. The molecule has 1 nitrogen and oxygen atoms in total. The summed E-state index contributed by atoms with van der Waals surface area (Å²) < 4.78 is 1.35. The monoisotopic (exact) mass is 284 g/mol. The normalized spacial score (nSPS) is 12.6. The number of hydrogen-bond acceptors (Lipinski definition) is 2. The Kier molecular flexibility index (Phi) is 3.98. The Labute approximate surface area is 99.9 Å². The Bertz CT molecular complexity index is 385. The summed E-state index contributed by atoms with van der Waals surface area (Å²) in [5, 5.41) is 14.8. The molecule has 2 rings (SSSR count). The third-order valence-corrected chi connectivity index (χ3v) is 5.06. The molecule has 2 aromatic rings. The zero-order valence-corrected chi connectivity index (χ0v) is 10.7. The van der Waals surface area contributed by atoms with Gasteiger partial charge >= 0.3 is 100 Å². The molecule has 1 aromatic carbocycles. The van der Waals surface area contributed by atoms with Gasteiger partial charge in [-0.1, -0.05) is 0 Å². The minimum absolute atomic E-state index is 0.295. The van der Waals surface area contributed by atoms with Crippen LogP contribution in [-0.4, -0.2) is 20.1 Å². The first kappa shape index (κ1) is 10.9. The first-order valence-corrected chi connectivity index (χ1v) is 7.75. The number of aliphatic hydroxyl groups excluding tert-OH is 1.